The van der Waals surface area contributed by atoms with E-state index in [0.717, 1.165) is 6.04 Å². The maximum atomic E-state index is 2.46. The third-order valence-electron chi connectivity index (χ3n) is 4.80. The third kappa shape index (κ3) is 7.13. The van der Waals surface area contributed by atoms with Gasteiger partial charge in [0, 0.05) is 0 Å². The quantitative estimate of drug-likeness (QED) is 0.403. The van der Waals surface area contributed by atoms with Gasteiger partial charge in [-0.3, -0.25) is 0 Å². The van der Waals surface area contributed by atoms with Crippen LogP contribution in [-0.2, 0) is 0 Å². The largest absolute Gasteiger partial charge is 1.00 e. The summed E-state index contributed by atoms with van der Waals surface area (Å²) in [6.45, 7) is 15.7. The number of unbranched alkanes of at least 4 members (excludes halogenated alkanes) is 5. The Hall–Kier alpha value is 0.440. The summed E-state index contributed by atoms with van der Waals surface area (Å²) in [6, 6.07) is 0.848. The minimum Gasteiger partial charge on any atom is -1.00 e. The highest BCUT2D eigenvalue weighted by atomic mass is 79.9. The first-order chi connectivity index (χ1) is 8.16. The normalized spacial score (nSPS) is 13.2. The molecular weight excluding hydrogens is 286 g/mol. The standard InChI is InChI=1S/C16H36N.BrH/c1-6-10-11-12-13-14-15-16(5)17(7-2,8-3)9-4;/h16H,6-15H2,1-5H3;1H/q+1;/p-1. The molecule has 0 spiro atoms. The third-order valence-corrected chi connectivity index (χ3v) is 4.80. The van der Waals surface area contributed by atoms with Crippen molar-refractivity contribution in [3.05, 3.63) is 0 Å². The highest BCUT2D eigenvalue weighted by molar-refractivity contribution is 4.55. The lowest BCUT2D eigenvalue weighted by Crippen LogP contribution is -3.00. The molecule has 0 bridgehead atoms. The molecule has 1 nitrogen and oxygen atoms in total. The molecule has 0 heterocycles. The molecule has 1 unspecified atom stereocenters. The molecule has 18 heavy (non-hydrogen) atoms. The first-order valence-corrected chi connectivity index (χ1v) is 8.02. The minimum absolute atomic E-state index is 0. The van der Waals surface area contributed by atoms with Gasteiger partial charge in [-0.15, -0.1) is 0 Å². The molecule has 0 rings (SSSR count). The molecule has 0 aliphatic heterocycles. The molecule has 0 N–H and O–H groups in total. The molecular formula is C16H36BrN. The van der Waals surface area contributed by atoms with Gasteiger partial charge in [-0.05, 0) is 40.5 Å². The van der Waals surface area contributed by atoms with E-state index in [1.807, 2.05) is 0 Å². The van der Waals surface area contributed by atoms with Crippen molar-refractivity contribution in [3.63, 3.8) is 0 Å². The maximum Gasteiger partial charge on any atom is 0.0861 e. The molecule has 0 amide bonds. The molecule has 0 aromatic heterocycles. The van der Waals surface area contributed by atoms with Gasteiger partial charge in [-0.1, -0.05) is 39.0 Å². The van der Waals surface area contributed by atoms with Crippen molar-refractivity contribution in [1.82, 2.24) is 0 Å². The van der Waals surface area contributed by atoms with Crippen LogP contribution < -0.4 is 17.0 Å². The fraction of sp³-hybridized carbons (Fsp3) is 1.00. The van der Waals surface area contributed by atoms with Crippen LogP contribution in [0.15, 0.2) is 0 Å². The van der Waals surface area contributed by atoms with Crippen molar-refractivity contribution < 1.29 is 21.5 Å². The zero-order chi connectivity index (χ0) is 13.1. The second-order valence-corrected chi connectivity index (χ2v) is 5.57. The van der Waals surface area contributed by atoms with E-state index in [2.05, 4.69) is 34.6 Å². The van der Waals surface area contributed by atoms with E-state index in [9.17, 15) is 0 Å². The summed E-state index contributed by atoms with van der Waals surface area (Å²) in [5, 5.41) is 0. The van der Waals surface area contributed by atoms with Crippen LogP contribution >= 0.6 is 0 Å². The van der Waals surface area contributed by atoms with Crippen molar-refractivity contribution >= 4 is 0 Å². The zero-order valence-electron chi connectivity index (χ0n) is 13.5. The predicted molar refractivity (Wildman–Crippen MR) is 79.3 cm³/mol. The Kier molecular flexibility index (Phi) is 14.4. The Morgan fingerprint density at radius 1 is 0.722 bits per heavy atom. The maximum absolute atomic E-state index is 2.46. The first-order valence-electron chi connectivity index (χ1n) is 8.02. The number of halogens is 1. The first kappa shape index (κ1) is 20.8. The van der Waals surface area contributed by atoms with Gasteiger partial charge in [0.25, 0.3) is 0 Å². The van der Waals surface area contributed by atoms with Crippen LogP contribution in [0.5, 0.6) is 0 Å². The van der Waals surface area contributed by atoms with Crippen LogP contribution in [-0.4, -0.2) is 30.2 Å². The predicted octanol–water partition coefficient (Wildman–Crippen LogP) is 2.01. The molecule has 0 radical (unpaired) electrons. The van der Waals surface area contributed by atoms with E-state index in [1.165, 1.54) is 69.1 Å². The molecule has 0 saturated carbocycles. The molecule has 112 valence electrons. The second kappa shape index (κ2) is 12.5. The fourth-order valence-electron chi connectivity index (χ4n) is 3.10. The minimum atomic E-state index is 0. The van der Waals surface area contributed by atoms with Gasteiger partial charge in [0.05, 0.1) is 25.7 Å². The molecule has 1 atom stereocenters. The van der Waals surface area contributed by atoms with Gasteiger partial charge in [0.15, 0.2) is 0 Å². The molecule has 0 aliphatic rings. The van der Waals surface area contributed by atoms with Crippen LogP contribution in [0.1, 0.15) is 79.6 Å². The molecule has 0 fully saturated rings. The van der Waals surface area contributed by atoms with Gasteiger partial charge in [0.1, 0.15) is 0 Å². The Labute approximate surface area is 127 Å². The van der Waals surface area contributed by atoms with Crippen LogP contribution in [0.3, 0.4) is 0 Å². The molecule has 0 saturated heterocycles. The van der Waals surface area contributed by atoms with Crippen LogP contribution in [0.4, 0.5) is 0 Å². The number of hydrogen-bond donors (Lipinski definition) is 0. The summed E-state index contributed by atoms with van der Waals surface area (Å²) in [5.74, 6) is 0. The van der Waals surface area contributed by atoms with E-state index in [-0.39, 0.29) is 17.0 Å². The van der Waals surface area contributed by atoms with Crippen molar-refractivity contribution in [3.8, 4) is 0 Å². The van der Waals surface area contributed by atoms with Crippen LogP contribution in [0.2, 0.25) is 0 Å². The Morgan fingerprint density at radius 3 is 1.61 bits per heavy atom. The SMILES string of the molecule is CCCCCCCCC(C)[N+](CC)(CC)CC.[Br-]. The van der Waals surface area contributed by atoms with Crippen LogP contribution in [0, 0.1) is 0 Å². The van der Waals surface area contributed by atoms with Crippen LogP contribution in [0.25, 0.3) is 0 Å². The summed E-state index contributed by atoms with van der Waals surface area (Å²) >= 11 is 0. The summed E-state index contributed by atoms with van der Waals surface area (Å²) in [5.41, 5.74) is 0. The van der Waals surface area contributed by atoms with Crippen molar-refractivity contribution in [2.24, 2.45) is 0 Å². The summed E-state index contributed by atoms with van der Waals surface area (Å²) in [4.78, 5) is 0. The lowest BCUT2D eigenvalue weighted by molar-refractivity contribution is -0.945. The number of hydrogen-bond acceptors (Lipinski definition) is 0. The average molecular weight is 322 g/mol. The Morgan fingerprint density at radius 2 is 1.17 bits per heavy atom. The van der Waals surface area contributed by atoms with Gasteiger partial charge < -0.3 is 21.5 Å². The highest BCUT2D eigenvalue weighted by Gasteiger charge is 2.27. The molecule has 2 heteroatoms. The molecule has 0 aliphatic carbocycles. The number of quaternary nitrogens is 1. The average Bonchev–Trinajstić information content (AvgIpc) is 2.36. The van der Waals surface area contributed by atoms with E-state index in [0.29, 0.717) is 0 Å². The van der Waals surface area contributed by atoms with Gasteiger partial charge in [-0.25, -0.2) is 0 Å². The van der Waals surface area contributed by atoms with Crippen molar-refractivity contribution in [2.45, 2.75) is 85.6 Å². The summed E-state index contributed by atoms with van der Waals surface area (Å²) in [6.07, 6.45) is 9.98. The number of rotatable bonds is 11. The van der Waals surface area contributed by atoms with E-state index in [4.69, 9.17) is 0 Å². The lowest BCUT2D eigenvalue weighted by Gasteiger charge is -2.41. The highest BCUT2D eigenvalue weighted by Crippen LogP contribution is 2.19. The second-order valence-electron chi connectivity index (χ2n) is 5.57. The Bertz CT molecular complexity index is 158. The lowest BCUT2D eigenvalue weighted by atomic mass is 10.0. The van der Waals surface area contributed by atoms with Crippen molar-refractivity contribution in [2.75, 3.05) is 19.6 Å². The number of nitrogens with zero attached hydrogens (tertiary/aromatic N) is 1. The fourth-order valence-corrected chi connectivity index (χ4v) is 3.10. The van der Waals surface area contributed by atoms with E-state index >= 15 is 0 Å². The topological polar surface area (TPSA) is 0 Å². The summed E-state index contributed by atoms with van der Waals surface area (Å²) < 4.78 is 1.31. The van der Waals surface area contributed by atoms with Gasteiger partial charge in [-0.2, -0.15) is 0 Å². The van der Waals surface area contributed by atoms with Gasteiger partial charge in [0.2, 0.25) is 0 Å². The zero-order valence-corrected chi connectivity index (χ0v) is 15.1. The molecule has 0 aromatic rings. The van der Waals surface area contributed by atoms with E-state index in [1.54, 1.807) is 0 Å². The smallest absolute Gasteiger partial charge is 0.0861 e. The molecule has 0 aromatic carbocycles. The Balaban J connectivity index is 0. The summed E-state index contributed by atoms with van der Waals surface area (Å²) in [7, 11) is 0. The van der Waals surface area contributed by atoms with Gasteiger partial charge >= 0.3 is 0 Å². The van der Waals surface area contributed by atoms with E-state index < -0.39 is 0 Å². The van der Waals surface area contributed by atoms with Crippen molar-refractivity contribution in [1.29, 1.82) is 0 Å². The monoisotopic (exact) mass is 321 g/mol.